The third-order valence-corrected chi connectivity index (χ3v) is 5.25. The summed E-state index contributed by atoms with van der Waals surface area (Å²) >= 11 is 0. The molecule has 3 aromatic rings. The maximum absolute atomic E-state index is 13.1. The number of aromatic nitrogens is 1. The molecule has 1 fully saturated rings. The number of likely N-dealkylation sites (N-methyl/N-ethyl adjacent to an activating group) is 1. The number of amides is 1. The van der Waals surface area contributed by atoms with Crippen LogP contribution in [0.5, 0.6) is 0 Å². The predicted molar refractivity (Wildman–Crippen MR) is 116 cm³/mol. The van der Waals surface area contributed by atoms with Gasteiger partial charge in [-0.1, -0.05) is 24.3 Å². The van der Waals surface area contributed by atoms with Gasteiger partial charge in [-0.05, 0) is 61.0 Å². The predicted octanol–water partition coefficient (Wildman–Crippen LogP) is 4.18. The quantitative estimate of drug-likeness (QED) is 0.684. The van der Waals surface area contributed by atoms with Crippen molar-refractivity contribution < 1.29 is 10.6 Å². The summed E-state index contributed by atoms with van der Waals surface area (Å²) in [7, 11) is 1.98. The van der Waals surface area contributed by atoms with Gasteiger partial charge in [-0.3, -0.25) is 4.79 Å². The molecule has 1 unspecified atom stereocenters. The Morgan fingerprint density at radius 2 is 1.76 bits per heavy atom. The van der Waals surface area contributed by atoms with Crippen LogP contribution in [-0.4, -0.2) is 37.1 Å². The second-order valence-corrected chi connectivity index (χ2v) is 7.16. The lowest BCUT2D eigenvalue weighted by atomic mass is 10.0. The normalized spacial score (nSPS) is 16.1. The van der Waals surface area contributed by atoms with Gasteiger partial charge in [0.2, 0.25) is 0 Å². The molecular formula is C23H25FN4O. The van der Waals surface area contributed by atoms with E-state index in [1.165, 1.54) is 12.1 Å². The Hall–Kier alpha value is -3.25. The fourth-order valence-electron chi connectivity index (χ4n) is 3.51. The Morgan fingerprint density at radius 3 is 2.34 bits per heavy atom. The molecule has 1 aromatic heterocycles. The van der Waals surface area contributed by atoms with Crippen molar-refractivity contribution in [1.82, 2.24) is 10.3 Å². The molecule has 5 nitrogen and oxygen atoms in total. The number of halogens is 1. The zero-order chi connectivity index (χ0) is 20.2. The average Bonchev–Trinajstić information content (AvgIpc) is 3.24. The van der Waals surface area contributed by atoms with Gasteiger partial charge >= 0.3 is 0 Å². The first-order valence-electron chi connectivity index (χ1n) is 9.68. The summed E-state index contributed by atoms with van der Waals surface area (Å²) in [5.74, 6) is 0.460. The third kappa shape index (κ3) is 4.43. The average molecular weight is 392 g/mol. The molecule has 2 N–H and O–H groups in total. The second-order valence-electron chi connectivity index (χ2n) is 7.16. The summed E-state index contributed by atoms with van der Waals surface area (Å²) in [6.07, 6.45) is 2.79. The minimum Gasteiger partial charge on any atom is -0.355 e. The van der Waals surface area contributed by atoms with E-state index >= 15 is 0 Å². The summed E-state index contributed by atoms with van der Waals surface area (Å²) in [4.78, 5) is 19.2. The molecular weight excluding hydrogens is 367 g/mol. The van der Waals surface area contributed by atoms with Crippen LogP contribution < -0.4 is 15.5 Å². The fraction of sp³-hybridized carbons (Fsp3) is 0.217. The molecule has 0 radical (unpaired) electrons. The van der Waals surface area contributed by atoms with Gasteiger partial charge in [0.1, 0.15) is 11.6 Å². The molecule has 0 aliphatic carbocycles. The number of anilines is 2. The second kappa shape index (κ2) is 8.41. The van der Waals surface area contributed by atoms with Gasteiger partial charge in [-0.15, -0.1) is 0 Å². The number of carbonyl (C=O) groups is 1. The van der Waals surface area contributed by atoms with Gasteiger partial charge in [0.15, 0.2) is 0 Å². The minimum atomic E-state index is -0.268. The van der Waals surface area contributed by atoms with Crippen LogP contribution in [-0.2, 0) is 0 Å². The van der Waals surface area contributed by atoms with Crippen molar-refractivity contribution in [1.29, 1.82) is 0 Å². The van der Waals surface area contributed by atoms with Gasteiger partial charge in [-0.2, -0.15) is 0 Å². The highest BCUT2D eigenvalue weighted by atomic mass is 19.1. The molecule has 4 rings (SSSR count). The fourth-order valence-corrected chi connectivity index (χ4v) is 3.51. The van der Waals surface area contributed by atoms with E-state index in [2.05, 4.69) is 20.5 Å². The van der Waals surface area contributed by atoms with Gasteiger partial charge in [0, 0.05) is 26.1 Å². The standard InChI is InChI=1S/C23H23FN4O.H2/c1-25-21-12-13-28(15-21)22-11-10-20(14-26-22)27-23(29)18-4-2-16(3-5-18)17-6-8-19(24)9-7-17;/h2-11,14,21,25H,12-13,15H2,1H3,(H,27,29);1H. The van der Waals surface area contributed by atoms with Crippen molar-refractivity contribution in [3.8, 4) is 11.1 Å². The van der Waals surface area contributed by atoms with Crippen molar-refractivity contribution in [2.45, 2.75) is 12.5 Å². The Morgan fingerprint density at radius 1 is 1.07 bits per heavy atom. The largest absolute Gasteiger partial charge is 0.355 e. The SMILES string of the molecule is CNC1CCN(c2ccc(NC(=O)c3ccc(-c4ccc(F)cc4)cc3)cn2)C1.[HH]. The first kappa shape index (κ1) is 19.1. The van der Waals surface area contributed by atoms with Crippen molar-refractivity contribution >= 4 is 17.4 Å². The van der Waals surface area contributed by atoms with Crippen LogP contribution in [0, 0.1) is 5.82 Å². The highest BCUT2D eigenvalue weighted by Gasteiger charge is 2.21. The van der Waals surface area contributed by atoms with Gasteiger partial charge in [0.05, 0.1) is 11.9 Å². The van der Waals surface area contributed by atoms with Crippen LogP contribution >= 0.6 is 0 Å². The highest BCUT2D eigenvalue weighted by Crippen LogP contribution is 2.22. The van der Waals surface area contributed by atoms with E-state index in [0.29, 0.717) is 17.3 Å². The van der Waals surface area contributed by atoms with Crippen LogP contribution in [0.25, 0.3) is 11.1 Å². The number of rotatable bonds is 5. The topological polar surface area (TPSA) is 57.3 Å². The molecule has 1 saturated heterocycles. The van der Waals surface area contributed by atoms with E-state index in [9.17, 15) is 9.18 Å². The van der Waals surface area contributed by atoms with Crippen LogP contribution in [0.2, 0.25) is 0 Å². The molecule has 2 heterocycles. The zero-order valence-corrected chi connectivity index (χ0v) is 16.2. The Bertz CT molecular complexity index is 978. The lowest BCUT2D eigenvalue weighted by Crippen LogP contribution is -2.29. The van der Waals surface area contributed by atoms with Crippen molar-refractivity contribution in [3.05, 3.63) is 78.2 Å². The molecule has 1 amide bonds. The number of benzene rings is 2. The van der Waals surface area contributed by atoms with Crippen molar-refractivity contribution in [3.63, 3.8) is 0 Å². The lowest BCUT2D eigenvalue weighted by molar-refractivity contribution is 0.102. The first-order chi connectivity index (χ1) is 14.1. The Labute approximate surface area is 171 Å². The Balaban J connectivity index is 0.00000256. The molecule has 1 aliphatic rings. The summed E-state index contributed by atoms with van der Waals surface area (Å²) in [6.45, 7) is 1.92. The number of pyridine rings is 1. The van der Waals surface area contributed by atoms with Crippen LogP contribution in [0.1, 0.15) is 18.2 Å². The van der Waals surface area contributed by atoms with E-state index in [4.69, 9.17) is 0 Å². The number of hydrogen-bond acceptors (Lipinski definition) is 4. The maximum Gasteiger partial charge on any atom is 0.255 e. The number of nitrogens with zero attached hydrogens (tertiary/aromatic N) is 2. The van der Waals surface area contributed by atoms with Gasteiger partial charge < -0.3 is 15.5 Å². The molecule has 29 heavy (non-hydrogen) atoms. The molecule has 1 aliphatic heterocycles. The Kier molecular flexibility index (Phi) is 5.53. The van der Waals surface area contributed by atoms with Crippen LogP contribution in [0.15, 0.2) is 66.9 Å². The molecule has 1 atom stereocenters. The minimum absolute atomic E-state index is 0. The molecule has 0 bridgehead atoms. The van der Waals surface area contributed by atoms with Crippen molar-refractivity contribution in [2.75, 3.05) is 30.4 Å². The summed E-state index contributed by atoms with van der Waals surface area (Å²) in [5, 5.41) is 6.17. The molecule has 2 aromatic carbocycles. The monoisotopic (exact) mass is 392 g/mol. The van der Waals surface area contributed by atoms with E-state index in [1.807, 2.05) is 31.3 Å². The summed E-state index contributed by atoms with van der Waals surface area (Å²) in [6, 6.07) is 17.8. The number of hydrogen-bond donors (Lipinski definition) is 2. The van der Waals surface area contributed by atoms with Gasteiger partial charge in [-0.25, -0.2) is 9.37 Å². The molecule has 6 heteroatoms. The van der Waals surface area contributed by atoms with Crippen LogP contribution in [0.4, 0.5) is 15.9 Å². The van der Waals surface area contributed by atoms with Crippen molar-refractivity contribution in [2.24, 2.45) is 0 Å². The zero-order valence-electron chi connectivity index (χ0n) is 16.2. The van der Waals surface area contributed by atoms with E-state index in [0.717, 1.165) is 36.5 Å². The number of carbonyl (C=O) groups excluding carboxylic acids is 1. The van der Waals surface area contributed by atoms with E-state index in [-0.39, 0.29) is 13.2 Å². The van der Waals surface area contributed by atoms with E-state index in [1.54, 1.807) is 30.5 Å². The molecule has 0 saturated carbocycles. The molecule has 0 spiro atoms. The van der Waals surface area contributed by atoms with E-state index < -0.39 is 0 Å². The summed E-state index contributed by atoms with van der Waals surface area (Å²) in [5.41, 5.74) is 3.04. The highest BCUT2D eigenvalue weighted by molar-refractivity contribution is 6.04. The van der Waals surface area contributed by atoms with Gasteiger partial charge in [0.25, 0.3) is 5.91 Å². The van der Waals surface area contributed by atoms with Crippen LogP contribution in [0.3, 0.4) is 0 Å². The third-order valence-electron chi connectivity index (χ3n) is 5.25. The maximum atomic E-state index is 13.1. The molecule has 150 valence electrons. The first-order valence-corrected chi connectivity index (χ1v) is 9.68. The summed E-state index contributed by atoms with van der Waals surface area (Å²) < 4.78 is 13.1. The smallest absolute Gasteiger partial charge is 0.255 e. The lowest BCUT2D eigenvalue weighted by Gasteiger charge is -2.17. The number of nitrogens with one attached hydrogen (secondary N) is 2.